The molecule has 5 aliphatic rings. The van der Waals surface area contributed by atoms with Crippen molar-refractivity contribution in [2.45, 2.75) is 91.0 Å². The van der Waals surface area contributed by atoms with E-state index in [1.54, 1.807) is 12.5 Å². The molecule has 6 heteroatoms. The summed E-state index contributed by atoms with van der Waals surface area (Å²) < 4.78 is 12.5. The van der Waals surface area contributed by atoms with Gasteiger partial charge in [-0.1, -0.05) is 62.3 Å². The molecule has 2 bridgehead atoms. The average Bonchev–Trinajstić information content (AvgIpc) is 3.17. The molecule has 0 spiro atoms. The minimum absolute atomic E-state index is 0.0222. The summed E-state index contributed by atoms with van der Waals surface area (Å²) in [6.07, 6.45) is 9.84. The first-order chi connectivity index (χ1) is 19.4. The van der Waals surface area contributed by atoms with Crippen molar-refractivity contribution in [1.29, 1.82) is 0 Å². The van der Waals surface area contributed by atoms with Gasteiger partial charge in [0.05, 0.1) is 18.8 Å². The second-order valence-corrected chi connectivity index (χ2v) is 14.6. The van der Waals surface area contributed by atoms with Crippen LogP contribution < -0.4 is 5.32 Å². The van der Waals surface area contributed by atoms with Crippen molar-refractivity contribution >= 4 is 11.9 Å². The number of rotatable bonds is 5. The van der Waals surface area contributed by atoms with E-state index in [9.17, 15) is 9.59 Å². The first kappa shape index (κ1) is 28.7. The van der Waals surface area contributed by atoms with Crippen LogP contribution in [0.4, 0.5) is 0 Å². The summed E-state index contributed by atoms with van der Waals surface area (Å²) in [7, 11) is 4.29. The van der Waals surface area contributed by atoms with Gasteiger partial charge in [0.1, 0.15) is 6.10 Å². The van der Waals surface area contributed by atoms with Gasteiger partial charge in [-0.15, -0.1) is 0 Å². The fourth-order valence-corrected chi connectivity index (χ4v) is 9.94. The number of hydrogen-bond acceptors (Lipinski definition) is 5. The smallest absolute Gasteiger partial charge is 0.302 e. The summed E-state index contributed by atoms with van der Waals surface area (Å²) in [5.74, 6) is 0.894. The highest BCUT2D eigenvalue weighted by molar-refractivity contribution is 5.94. The molecule has 4 aliphatic carbocycles. The predicted octanol–water partition coefficient (Wildman–Crippen LogP) is 5.79. The molecule has 1 aliphatic heterocycles. The fraction of sp³-hybridized carbons (Fsp3) is 0.657. The number of hydrogen-bond donors (Lipinski definition) is 1. The van der Waals surface area contributed by atoms with E-state index in [4.69, 9.17) is 9.47 Å². The molecule has 41 heavy (non-hydrogen) atoms. The van der Waals surface area contributed by atoms with Gasteiger partial charge < -0.3 is 19.7 Å². The van der Waals surface area contributed by atoms with Crippen LogP contribution in [0.1, 0.15) is 77.1 Å². The second kappa shape index (κ2) is 10.1. The van der Waals surface area contributed by atoms with Crippen molar-refractivity contribution in [3.8, 4) is 0 Å². The lowest BCUT2D eigenvalue weighted by Crippen LogP contribution is -2.54. The molecule has 1 aromatic rings. The number of carbonyl (C=O) groups excluding carboxylic acids is 2. The lowest BCUT2D eigenvalue weighted by molar-refractivity contribution is -0.150. The zero-order chi connectivity index (χ0) is 29.3. The van der Waals surface area contributed by atoms with Gasteiger partial charge in [0.15, 0.2) is 0 Å². The van der Waals surface area contributed by atoms with Crippen molar-refractivity contribution in [3.05, 3.63) is 59.2 Å². The predicted molar refractivity (Wildman–Crippen MR) is 160 cm³/mol. The number of carbonyl (C=O) groups is 2. The molecule has 6 rings (SSSR count). The Labute approximate surface area is 245 Å². The molecule has 3 fully saturated rings. The molecular formula is C35H48N2O4. The Kier molecular flexibility index (Phi) is 7.05. The van der Waals surface area contributed by atoms with E-state index in [1.807, 2.05) is 30.3 Å². The molecule has 2 saturated carbocycles. The summed E-state index contributed by atoms with van der Waals surface area (Å²) in [4.78, 5) is 27.8. The highest BCUT2D eigenvalue weighted by atomic mass is 16.5. The van der Waals surface area contributed by atoms with E-state index in [0.717, 1.165) is 32.1 Å². The van der Waals surface area contributed by atoms with E-state index < -0.39 is 0 Å². The molecule has 222 valence electrons. The number of nitrogens with one attached hydrogen (secondary N) is 1. The van der Waals surface area contributed by atoms with Crippen LogP contribution in [0.5, 0.6) is 0 Å². The molecule has 6 nitrogen and oxygen atoms in total. The zero-order valence-electron chi connectivity index (χ0n) is 25.9. The van der Waals surface area contributed by atoms with Gasteiger partial charge in [-0.3, -0.25) is 9.59 Å². The number of esters is 1. The summed E-state index contributed by atoms with van der Waals surface area (Å²) in [5, 5.41) is 3.38. The van der Waals surface area contributed by atoms with Crippen LogP contribution >= 0.6 is 0 Å². The Hall–Kier alpha value is -2.44. The van der Waals surface area contributed by atoms with Crippen molar-refractivity contribution in [2.75, 3.05) is 20.7 Å². The summed E-state index contributed by atoms with van der Waals surface area (Å²) in [6, 6.07) is 9.78. The number of amides is 1. The average molecular weight is 561 g/mol. The highest BCUT2D eigenvalue weighted by Crippen LogP contribution is 2.69. The lowest BCUT2D eigenvalue weighted by Gasteiger charge is -2.53. The van der Waals surface area contributed by atoms with Crippen molar-refractivity contribution in [2.24, 2.45) is 34.0 Å². The Bertz CT molecular complexity index is 1270. The number of allylic oxidation sites excluding steroid dienone is 3. The van der Waals surface area contributed by atoms with Crippen LogP contribution in [0.15, 0.2) is 53.6 Å². The van der Waals surface area contributed by atoms with Crippen LogP contribution in [-0.2, 0) is 14.3 Å². The standard InChI is InChI=1S/C35H48N2O4/c1-21(37(6)7)30-29(41-22(2)38)19-35(5)27-14-13-26-25(17-24(27)15-16-34(30,35)4)18-28-31(33(26,3)20-40-28)36-32(39)23-11-9-8-10-12-23/h8-12,15,18,21,26-31H,13-14,16-17,19-20H2,1-7H3,(H,36,39)/t21-,26-,27-,28-,29+,30+,31+,33-,34-,35+/m1/s1. The van der Waals surface area contributed by atoms with Gasteiger partial charge in [0.2, 0.25) is 0 Å². The van der Waals surface area contributed by atoms with E-state index in [1.165, 1.54) is 5.57 Å². The number of fused-ring (bicyclic) bond motifs is 7. The Morgan fingerprint density at radius 2 is 1.76 bits per heavy atom. The van der Waals surface area contributed by atoms with Crippen LogP contribution in [0.3, 0.4) is 0 Å². The quantitative estimate of drug-likeness (QED) is 0.365. The van der Waals surface area contributed by atoms with Crippen molar-refractivity contribution in [1.82, 2.24) is 10.2 Å². The second-order valence-electron chi connectivity index (χ2n) is 14.6. The summed E-state index contributed by atoms with van der Waals surface area (Å²) in [6.45, 7) is 11.8. The molecule has 1 aromatic carbocycles. The first-order valence-corrected chi connectivity index (χ1v) is 15.6. The molecule has 0 aromatic heterocycles. The molecule has 1 saturated heterocycles. The minimum Gasteiger partial charge on any atom is -0.462 e. The van der Waals surface area contributed by atoms with Crippen LogP contribution in [-0.4, -0.2) is 61.8 Å². The third-order valence-corrected chi connectivity index (χ3v) is 12.4. The van der Waals surface area contributed by atoms with E-state index in [2.05, 4.69) is 64.2 Å². The fourth-order valence-electron chi connectivity index (χ4n) is 9.94. The maximum Gasteiger partial charge on any atom is 0.302 e. The van der Waals surface area contributed by atoms with Crippen LogP contribution in [0.2, 0.25) is 0 Å². The lowest BCUT2D eigenvalue weighted by atomic mass is 9.51. The summed E-state index contributed by atoms with van der Waals surface area (Å²) in [5.41, 5.74) is 3.68. The Balaban J connectivity index is 1.30. The maximum atomic E-state index is 13.2. The van der Waals surface area contributed by atoms with E-state index in [0.29, 0.717) is 30.0 Å². The van der Waals surface area contributed by atoms with Gasteiger partial charge in [0, 0.05) is 29.9 Å². The third kappa shape index (κ3) is 4.34. The van der Waals surface area contributed by atoms with Gasteiger partial charge in [-0.2, -0.15) is 0 Å². The van der Waals surface area contributed by atoms with Gasteiger partial charge in [-0.25, -0.2) is 0 Å². The summed E-state index contributed by atoms with van der Waals surface area (Å²) >= 11 is 0. The van der Waals surface area contributed by atoms with Gasteiger partial charge in [0.25, 0.3) is 5.91 Å². The molecule has 1 heterocycles. The number of ether oxygens (including phenoxy) is 2. The van der Waals surface area contributed by atoms with E-state index in [-0.39, 0.29) is 52.3 Å². The van der Waals surface area contributed by atoms with Gasteiger partial charge in [-0.05, 0) is 87.9 Å². The normalized spacial score (nSPS) is 41.8. The van der Waals surface area contributed by atoms with Crippen molar-refractivity contribution < 1.29 is 19.1 Å². The largest absolute Gasteiger partial charge is 0.462 e. The topological polar surface area (TPSA) is 67.9 Å². The molecule has 1 N–H and O–H groups in total. The monoisotopic (exact) mass is 560 g/mol. The minimum atomic E-state index is -0.172. The van der Waals surface area contributed by atoms with Gasteiger partial charge >= 0.3 is 5.97 Å². The van der Waals surface area contributed by atoms with Crippen molar-refractivity contribution in [3.63, 3.8) is 0 Å². The molecule has 0 unspecified atom stereocenters. The number of benzene rings is 1. The zero-order valence-corrected chi connectivity index (χ0v) is 25.9. The van der Waals surface area contributed by atoms with Crippen LogP contribution in [0, 0.1) is 34.0 Å². The van der Waals surface area contributed by atoms with Crippen LogP contribution in [0.25, 0.3) is 0 Å². The Morgan fingerprint density at radius 3 is 2.44 bits per heavy atom. The number of nitrogens with zero attached hydrogens (tertiary/aromatic N) is 1. The molecule has 0 radical (unpaired) electrons. The third-order valence-electron chi connectivity index (χ3n) is 12.4. The maximum absolute atomic E-state index is 13.2. The Morgan fingerprint density at radius 1 is 1.05 bits per heavy atom. The molecular weight excluding hydrogens is 512 g/mol. The molecule has 10 atom stereocenters. The first-order valence-electron chi connectivity index (χ1n) is 15.6. The highest BCUT2D eigenvalue weighted by Gasteiger charge is 2.66. The SMILES string of the molecule is CC(=O)O[C@H]1C[C@@]2(C)[C@@H]3CC[C@@H]4C(=C[C@H]5OC[C@@]4(C)[C@H]5NC(=O)c4ccccc4)CC3=CC[C@]2(C)[C@H]1[C@@H](C)N(C)C. The molecule has 1 amide bonds. The van der Waals surface area contributed by atoms with E-state index >= 15 is 0 Å².